The molecule has 0 saturated heterocycles. The Bertz CT molecular complexity index is 81.8. The zero-order valence-electron chi connectivity index (χ0n) is 8.84. The van der Waals surface area contributed by atoms with E-state index in [-0.39, 0.29) is 15.8 Å². The molecule has 0 spiro atoms. The Labute approximate surface area is 81.7 Å². The van der Waals surface area contributed by atoms with Crippen molar-refractivity contribution in [1.29, 1.82) is 0 Å². The van der Waals surface area contributed by atoms with Crippen molar-refractivity contribution in [3.05, 3.63) is 0 Å². The standard InChI is InChI=1S/C6H16N2.CH8OSi2/c1-5(2)3-6(8)4-7;1-4-2-3/h5-6H,3-4,7-8H2,1-2H3;4H2,1,3H3. The molecule has 0 aliphatic carbocycles. The van der Waals surface area contributed by atoms with E-state index in [1.54, 1.807) is 0 Å². The second-order valence-electron chi connectivity index (χ2n) is 3.20. The van der Waals surface area contributed by atoms with Crippen LogP contribution in [0, 0.1) is 5.92 Å². The van der Waals surface area contributed by atoms with E-state index in [1.807, 2.05) is 0 Å². The Balaban J connectivity index is 0. The molecule has 0 heterocycles. The summed E-state index contributed by atoms with van der Waals surface area (Å²) in [7, 11) is 0.938. The number of hydrogen-bond acceptors (Lipinski definition) is 3. The first-order chi connectivity index (χ1) is 5.58. The predicted octanol–water partition coefficient (Wildman–Crippen LogP) is -1.27. The zero-order valence-corrected chi connectivity index (χ0v) is 12.3. The highest BCUT2D eigenvalue weighted by Crippen LogP contribution is 2.00. The SMILES string of the molecule is CC(C)CC(N)CN.C[SiH2]O[SiH3]. The van der Waals surface area contributed by atoms with Crippen LogP contribution in [0.5, 0.6) is 0 Å². The van der Waals surface area contributed by atoms with Gasteiger partial charge in [0.25, 0.3) is 0 Å². The van der Waals surface area contributed by atoms with Crippen LogP contribution in [0.1, 0.15) is 20.3 Å². The van der Waals surface area contributed by atoms with Crippen LogP contribution in [-0.2, 0) is 4.12 Å². The summed E-state index contributed by atoms with van der Waals surface area (Å²) in [5.41, 5.74) is 10.8. The summed E-state index contributed by atoms with van der Waals surface area (Å²) in [5.74, 6) is 0.675. The first-order valence-corrected chi connectivity index (χ1v) is 7.33. The third-order valence-electron chi connectivity index (χ3n) is 1.37. The van der Waals surface area contributed by atoms with E-state index in [9.17, 15) is 0 Å². The first-order valence-electron chi connectivity index (χ1n) is 4.53. The maximum atomic E-state index is 5.55. The van der Waals surface area contributed by atoms with Gasteiger partial charge in [-0.25, -0.2) is 0 Å². The van der Waals surface area contributed by atoms with Crippen molar-refractivity contribution in [1.82, 2.24) is 0 Å². The molecule has 4 N–H and O–H groups in total. The zero-order chi connectivity index (χ0) is 9.98. The van der Waals surface area contributed by atoms with Gasteiger partial charge >= 0.3 is 0 Å². The fraction of sp³-hybridized carbons (Fsp3) is 1.00. The molecule has 1 unspecified atom stereocenters. The molecule has 0 aromatic heterocycles. The summed E-state index contributed by atoms with van der Waals surface area (Å²) in [6, 6.07) is 0.204. The number of rotatable bonds is 4. The number of hydrogen-bond donors (Lipinski definition) is 2. The molecule has 0 fully saturated rings. The Morgan fingerprint density at radius 1 is 1.50 bits per heavy atom. The van der Waals surface area contributed by atoms with Crippen molar-refractivity contribution in [3.8, 4) is 0 Å². The van der Waals surface area contributed by atoms with Crippen LogP contribution in [0.4, 0.5) is 0 Å². The molecule has 0 aromatic carbocycles. The van der Waals surface area contributed by atoms with Crippen LogP contribution in [0.15, 0.2) is 0 Å². The Kier molecular flexibility index (Phi) is 14.0. The Hall–Kier alpha value is 0.314. The molecule has 0 saturated carbocycles. The molecule has 76 valence electrons. The van der Waals surface area contributed by atoms with Gasteiger partial charge in [0.1, 0.15) is 20.2 Å². The molecule has 0 aliphatic heterocycles. The quantitative estimate of drug-likeness (QED) is 0.567. The van der Waals surface area contributed by atoms with Gasteiger partial charge in [-0.3, -0.25) is 0 Å². The molecule has 1 atom stereocenters. The van der Waals surface area contributed by atoms with E-state index in [0.29, 0.717) is 12.5 Å². The predicted molar refractivity (Wildman–Crippen MR) is 61.9 cm³/mol. The van der Waals surface area contributed by atoms with Gasteiger partial charge in [0.15, 0.2) is 0 Å². The summed E-state index contributed by atoms with van der Waals surface area (Å²) in [6.45, 7) is 7.04. The van der Waals surface area contributed by atoms with Gasteiger partial charge in [-0.1, -0.05) is 20.4 Å². The van der Waals surface area contributed by atoms with E-state index in [0.717, 1.165) is 16.9 Å². The molecule has 0 aliphatic rings. The molecule has 0 amide bonds. The van der Waals surface area contributed by atoms with Crippen molar-refractivity contribution in [2.24, 2.45) is 17.4 Å². The maximum absolute atomic E-state index is 5.55. The molecule has 0 rings (SSSR count). The minimum atomic E-state index is -0.0139. The molecule has 0 aromatic rings. The fourth-order valence-electron chi connectivity index (χ4n) is 0.702. The molecule has 12 heavy (non-hydrogen) atoms. The highest BCUT2D eigenvalue weighted by atomic mass is 28.3. The smallest absolute Gasteiger partial charge is 0.142 e. The summed E-state index contributed by atoms with van der Waals surface area (Å²) < 4.78 is 4.82. The third kappa shape index (κ3) is 16.7. The van der Waals surface area contributed by atoms with Crippen LogP contribution < -0.4 is 11.5 Å². The summed E-state index contributed by atoms with van der Waals surface area (Å²) in [4.78, 5) is 0. The minimum Gasteiger partial charge on any atom is -0.468 e. The second-order valence-corrected chi connectivity index (χ2v) is 6.09. The second kappa shape index (κ2) is 11.3. The van der Waals surface area contributed by atoms with Crippen molar-refractivity contribution < 1.29 is 4.12 Å². The Morgan fingerprint density at radius 2 is 1.92 bits per heavy atom. The van der Waals surface area contributed by atoms with E-state index >= 15 is 0 Å². The van der Waals surface area contributed by atoms with Crippen molar-refractivity contribution >= 4 is 20.2 Å². The first kappa shape index (κ1) is 14.8. The van der Waals surface area contributed by atoms with E-state index in [2.05, 4.69) is 20.4 Å². The summed E-state index contributed by atoms with van der Waals surface area (Å²) in [5, 5.41) is 0. The average molecular weight is 208 g/mol. The van der Waals surface area contributed by atoms with Gasteiger partial charge in [-0.05, 0) is 12.3 Å². The molecule has 3 nitrogen and oxygen atoms in total. The summed E-state index contributed by atoms with van der Waals surface area (Å²) >= 11 is 0. The van der Waals surface area contributed by atoms with E-state index < -0.39 is 0 Å². The highest BCUT2D eigenvalue weighted by Gasteiger charge is 2.00. The van der Waals surface area contributed by atoms with Gasteiger partial charge < -0.3 is 15.6 Å². The summed E-state index contributed by atoms with van der Waals surface area (Å²) in [6.07, 6.45) is 1.04. The van der Waals surface area contributed by atoms with Gasteiger partial charge in [0, 0.05) is 12.6 Å². The lowest BCUT2D eigenvalue weighted by Crippen LogP contribution is -2.30. The van der Waals surface area contributed by atoms with Crippen LogP contribution in [0.2, 0.25) is 6.55 Å². The fourth-order valence-corrected chi connectivity index (χ4v) is 0.702. The Morgan fingerprint density at radius 3 is 2.00 bits per heavy atom. The topological polar surface area (TPSA) is 61.3 Å². The monoisotopic (exact) mass is 208 g/mol. The van der Waals surface area contributed by atoms with Crippen molar-refractivity contribution in [3.63, 3.8) is 0 Å². The lowest BCUT2D eigenvalue weighted by molar-refractivity contribution is 0.501. The minimum absolute atomic E-state index is 0.0139. The average Bonchev–Trinajstić information content (AvgIpc) is 2.04. The normalized spacial score (nSPS) is 13.5. The maximum Gasteiger partial charge on any atom is 0.142 e. The molecule has 0 bridgehead atoms. The highest BCUT2D eigenvalue weighted by molar-refractivity contribution is 6.32. The lowest BCUT2D eigenvalue weighted by Gasteiger charge is -2.09. The van der Waals surface area contributed by atoms with Gasteiger partial charge in [-0.15, -0.1) is 0 Å². The van der Waals surface area contributed by atoms with Crippen LogP contribution in [-0.4, -0.2) is 32.8 Å². The van der Waals surface area contributed by atoms with Crippen LogP contribution in [0.3, 0.4) is 0 Å². The van der Waals surface area contributed by atoms with Gasteiger partial charge in [-0.2, -0.15) is 0 Å². The lowest BCUT2D eigenvalue weighted by atomic mass is 10.1. The van der Waals surface area contributed by atoms with Crippen LogP contribution >= 0.6 is 0 Å². The van der Waals surface area contributed by atoms with Crippen molar-refractivity contribution in [2.45, 2.75) is 32.9 Å². The molecular weight excluding hydrogens is 184 g/mol. The van der Waals surface area contributed by atoms with Gasteiger partial charge in [0.2, 0.25) is 0 Å². The largest absolute Gasteiger partial charge is 0.468 e. The van der Waals surface area contributed by atoms with E-state index in [1.165, 1.54) is 0 Å². The number of nitrogens with two attached hydrogens (primary N) is 2. The molecule has 5 heteroatoms. The molecule has 0 radical (unpaired) electrons. The molecular formula is C7H24N2OSi2. The van der Waals surface area contributed by atoms with E-state index in [4.69, 9.17) is 15.6 Å². The third-order valence-corrected chi connectivity index (χ3v) is 3.67. The van der Waals surface area contributed by atoms with Gasteiger partial charge in [0.05, 0.1) is 0 Å². The van der Waals surface area contributed by atoms with Crippen molar-refractivity contribution in [2.75, 3.05) is 6.54 Å². The van der Waals surface area contributed by atoms with Crippen LogP contribution in [0.25, 0.3) is 0 Å².